The Kier molecular flexibility index (Phi) is 7.39. The lowest BCUT2D eigenvalue weighted by Crippen LogP contribution is -2.29. The number of benzene rings is 2. The van der Waals surface area contributed by atoms with E-state index in [0.29, 0.717) is 0 Å². The molecule has 2 rings (SSSR count). The summed E-state index contributed by atoms with van der Waals surface area (Å²) in [5, 5.41) is 0. The number of carbonyl (C=O) groups excluding carboxylic acids is 2. The molecule has 0 spiro atoms. The van der Waals surface area contributed by atoms with E-state index in [1.165, 1.54) is 0 Å². The number of carbonyl (C=O) groups is 2. The van der Waals surface area contributed by atoms with Crippen molar-refractivity contribution in [1.29, 1.82) is 0 Å². The third-order valence-electron chi connectivity index (χ3n) is 3.71. The molecule has 2 aromatic rings. The van der Waals surface area contributed by atoms with Gasteiger partial charge in [0.15, 0.2) is 0 Å². The number of allylic oxidation sites excluding steroid dienone is 2. The van der Waals surface area contributed by atoms with Gasteiger partial charge in [0.2, 0.25) is 0 Å². The Hall–Kier alpha value is -3.70. The molecule has 0 aliphatic rings. The molecule has 0 fully saturated rings. The van der Waals surface area contributed by atoms with E-state index in [2.05, 4.69) is 18.9 Å². The van der Waals surface area contributed by atoms with Crippen LogP contribution in [0.15, 0.2) is 60.0 Å². The zero-order valence-corrected chi connectivity index (χ0v) is 16.3. The molecule has 0 aliphatic heterocycles. The predicted molar refractivity (Wildman–Crippen MR) is 96.0 cm³/mol. The standard InChI is InChI=1S/C20H14F6O6/c1-29-17(27)11-3-7-13(8-4-11)31-15(19(21,22)23)16(20(24,25)26)32-14-9-5-12(6-10-14)18(28)30-2/h3-10H,1-2H3. The van der Waals surface area contributed by atoms with Crippen LogP contribution in [0.2, 0.25) is 0 Å². The topological polar surface area (TPSA) is 71.1 Å². The summed E-state index contributed by atoms with van der Waals surface area (Å²) in [4.78, 5) is 22.8. The predicted octanol–water partition coefficient (Wildman–Crippen LogP) is 5.05. The van der Waals surface area contributed by atoms with Crippen molar-refractivity contribution < 1.29 is 54.9 Å². The summed E-state index contributed by atoms with van der Waals surface area (Å²) < 4.78 is 98.6. The third kappa shape index (κ3) is 6.15. The highest BCUT2D eigenvalue weighted by molar-refractivity contribution is 5.89. The summed E-state index contributed by atoms with van der Waals surface area (Å²) in [6.07, 6.45) is -11.2. The molecular formula is C20H14F6O6. The largest absolute Gasteiger partial charge is 0.465 e. The van der Waals surface area contributed by atoms with Gasteiger partial charge in [-0.25, -0.2) is 9.59 Å². The van der Waals surface area contributed by atoms with E-state index >= 15 is 0 Å². The molecule has 0 aromatic heterocycles. The smallest absolute Gasteiger partial charge is 0.453 e. The first-order chi connectivity index (χ1) is 14.9. The molecule has 2 aromatic carbocycles. The fraction of sp³-hybridized carbons (Fsp3) is 0.200. The van der Waals surface area contributed by atoms with Gasteiger partial charge in [0.05, 0.1) is 25.3 Å². The Balaban J connectivity index is 2.46. The molecule has 0 aliphatic carbocycles. The van der Waals surface area contributed by atoms with Crippen molar-refractivity contribution in [3.8, 4) is 11.5 Å². The number of ether oxygens (including phenoxy) is 4. The summed E-state index contributed by atoms with van der Waals surface area (Å²) in [5.74, 6) is -7.83. The minimum atomic E-state index is -5.60. The summed E-state index contributed by atoms with van der Waals surface area (Å²) in [7, 11) is 2.14. The van der Waals surface area contributed by atoms with Crippen LogP contribution < -0.4 is 9.47 Å². The normalized spacial score (nSPS) is 12.5. The van der Waals surface area contributed by atoms with Crippen molar-refractivity contribution in [3.63, 3.8) is 0 Å². The molecule has 172 valence electrons. The molecule has 0 unspecified atom stereocenters. The van der Waals surface area contributed by atoms with Gasteiger partial charge >= 0.3 is 24.3 Å². The van der Waals surface area contributed by atoms with Gasteiger partial charge in [0.25, 0.3) is 11.5 Å². The van der Waals surface area contributed by atoms with Crippen molar-refractivity contribution in [2.45, 2.75) is 12.4 Å². The Morgan fingerprint density at radius 2 is 0.875 bits per heavy atom. The van der Waals surface area contributed by atoms with Crippen molar-refractivity contribution >= 4 is 11.9 Å². The fourth-order valence-corrected chi connectivity index (χ4v) is 2.26. The van der Waals surface area contributed by atoms with Gasteiger partial charge in [0.1, 0.15) is 11.5 Å². The van der Waals surface area contributed by atoms with Crippen LogP contribution in [0.1, 0.15) is 20.7 Å². The number of halogens is 6. The van der Waals surface area contributed by atoms with Gasteiger partial charge < -0.3 is 18.9 Å². The lowest BCUT2D eigenvalue weighted by atomic mass is 10.2. The molecule has 0 heterocycles. The first-order valence-electron chi connectivity index (χ1n) is 8.48. The van der Waals surface area contributed by atoms with Gasteiger partial charge in [-0.05, 0) is 48.5 Å². The van der Waals surface area contributed by atoms with Gasteiger partial charge in [-0.1, -0.05) is 0 Å². The summed E-state index contributed by atoms with van der Waals surface area (Å²) in [6, 6.07) is 7.47. The summed E-state index contributed by atoms with van der Waals surface area (Å²) in [5.41, 5.74) is -0.120. The highest BCUT2D eigenvalue weighted by Crippen LogP contribution is 2.38. The van der Waals surface area contributed by atoms with Crippen LogP contribution >= 0.6 is 0 Å². The number of methoxy groups -OCH3 is 2. The molecule has 6 nitrogen and oxygen atoms in total. The average Bonchev–Trinajstić information content (AvgIpc) is 2.74. The van der Waals surface area contributed by atoms with Crippen LogP contribution in [0, 0.1) is 0 Å². The zero-order valence-electron chi connectivity index (χ0n) is 16.3. The monoisotopic (exact) mass is 464 g/mol. The lowest BCUT2D eigenvalue weighted by molar-refractivity contribution is -0.150. The van der Waals surface area contributed by atoms with Crippen molar-refractivity contribution in [1.82, 2.24) is 0 Å². The second-order valence-corrected chi connectivity index (χ2v) is 5.89. The first-order valence-corrected chi connectivity index (χ1v) is 8.48. The second-order valence-electron chi connectivity index (χ2n) is 5.89. The average molecular weight is 464 g/mol. The van der Waals surface area contributed by atoms with Gasteiger partial charge in [-0.3, -0.25) is 0 Å². The molecule has 32 heavy (non-hydrogen) atoms. The molecule has 0 atom stereocenters. The van der Waals surface area contributed by atoms with Gasteiger partial charge in [0, 0.05) is 0 Å². The van der Waals surface area contributed by atoms with E-state index in [9.17, 15) is 35.9 Å². The quantitative estimate of drug-likeness (QED) is 0.339. The Morgan fingerprint density at radius 1 is 0.594 bits per heavy atom. The lowest BCUT2D eigenvalue weighted by Gasteiger charge is -2.20. The van der Waals surface area contributed by atoms with Crippen LogP contribution in [-0.2, 0) is 9.47 Å². The molecule has 0 radical (unpaired) electrons. The van der Waals surface area contributed by atoms with Crippen LogP contribution in [0.5, 0.6) is 11.5 Å². The van der Waals surface area contributed by atoms with Crippen LogP contribution in [0.25, 0.3) is 0 Å². The first kappa shape index (κ1) is 24.6. The van der Waals surface area contributed by atoms with E-state index in [-0.39, 0.29) is 11.1 Å². The second kappa shape index (κ2) is 9.62. The third-order valence-corrected chi connectivity index (χ3v) is 3.71. The molecule has 0 amide bonds. The molecule has 0 saturated heterocycles. The Labute approximate surface area is 176 Å². The van der Waals surface area contributed by atoms with E-state index in [4.69, 9.17) is 0 Å². The van der Waals surface area contributed by atoms with Crippen molar-refractivity contribution in [2.75, 3.05) is 14.2 Å². The van der Waals surface area contributed by atoms with Crippen molar-refractivity contribution in [3.05, 3.63) is 71.2 Å². The van der Waals surface area contributed by atoms with Crippen molar-refractivity contribution in [2.24, 2.45) is 0 Å². The van der Waals surface area contributed by atoms with E-state index in [1.54, 1.807) is 0 Å². The maximum Gasteiger partial charge on any atom is 0.453 e. The van der Waals surface area contributed by atoms with E-state index in [1.807, 2.05) is 0 Å². The van der Waals surface area contributed by atoms with Crippen LogP contribution in [0.4, 0.5) is 26.3 Å². The van der Waals surface area contributed by atoms with Crippen LogP contribution in [-0.4, -0.2) is 38.5 Å². The minimum absolute atomic E-state index is 0.0598. The van der Waals surface area contributed by atoms with Gasteiger partial charge in [-0.2, -0.15) is 26.3 Å². The number of alkyl halides is 6. The minimum Gasteiger partial charge on any atom is -0.465 e. The summed E-state index contributed by atoms with van der Waals surface area (Å²) >= 11 is 0. The zero-order chi connectivity index (χ0) is 24.1. The Bertz CT molecular complexity index is 910. The number of esters is 2. The number of hydrogen-bond acceptors (Lipinski definition) is 6. The summed E-state index contributed by atoms with van der Waals surface area (Å²) in [6.45, 7) is 0. The molecule has 0 saturated carbocycles. The van der Waals surface area contributed by atoms with E-state index in [0.717, 1.165) is 62.8 Å². The van der Waals surface area contributed by atoms with Gasteiger partial charge in [-0.15, -0.1) is 0 Å². The highest BCUT2D eigenvalue weighted by atomic mass is 19.4. The van der Waals surface area contributed by atoms with Crippen LogP contribution in [0.3, 0.4) is 0 Å². The maximum atomic E-state index is 13.5. The fourth-order valence-electron chi connectivity index (χ4n) is 2.26. The van der Waals surface area contributed by atoms with E-state index < -0.39 is 47.3 Å². The number of rotatable bonds is 6. The number of hydrogen-bond donors (Lipinski definition) is 0. The maximum absolute atomic E-state index is 13.5. The molecular weight excluding hydrogens is 450 g/mol. The molecule has 0 N–H and O–H groups in total. The molecule has 0 bridgehead atoms. The molecule has 12 heteroatoms. The Morgan fingerprint density at radius 3 is 1.09 bits per heavy atom. The SMILES string of the molecule is COC(=O)c1ccc(OC(=C(Oc2ccc(C(=O)OC)cc2)C(F)(F)F)C(F)(F)F)cc1. The highest BCUT2D eigenvalue weighted by Gasteiger charge is 2.50.